The summed E-state index contributed by atoms with van der Waals surface area (Å²) >= 11 is 3.25. The average molecular weight is 279 g/mol. The lowest BCUT2D eigenvalue weighted by atomic mass is 10.4. The van der Waals surface area contributed by atoms with Crippen LogP contribution in [-0.4, -0.2) is 14.5 Å². The minimum Gasteiger partial charge on any atom is -0.508 e. The molecule has 0 unspecified atom stereocenters. The molecule has 0 aromatic carbocycles. The van der Waals surface area contributed by atoms with Crippen LogP contribution < -0.4 is 0 Å². The second-order valence-electron chi connectivity index (χ2n) is 3.37. The Balaban J connectivity index is 2.25. The van der Waals surface area contributed by atoms with Crippen molar-refractivity contribution in [1.29, 1.82) is 0 Å². The summed E-state index contributed by atoms with van der Waals surface area (Å²) in [5, 5.41) is 9.34. The molecule has 80 valence electrons. The fourth-order valence-electron chi connectivity index (χ4n) is 1.60. The van der Waals surface area contributed by atoms with Crippen LogP contribution in [-0.2, 0) is 0 Å². The molecule has 3 heterocycles. The largest absolute Gasteiger partial charge is 0.508 e. The maximum Gasteiger partial charge on any atom is 0.180 e. The van der Waals surface area contributed by atoms with Gasteiger partial charge in [0.05, 0.1) is 11.7 Å². The molecule has 0 amide bonds. The van der Waals surface area contributed by atoms with Crippen LogP contribution in [0.4, 0.5) is 0 Å². The molecule has 0 aliphatic carbocycles. The Morgan fingerprint density at radius 2 is 2.19 bits per heavy atom. The summed E-state index contributed by atoms with van der Waals surface area (Å²) in [5.74, 6) is 1.61. The molecule has 0 aliphatic rings. The van der Waals surface area contributed by atoms with Gasteiger partial charge in [-0.1, -0.05) is 0 Å². The van der Waals surface area contributed by atoms with Crippen molar-refractivity contribution in [2.75, 3.05) is 0 Å². The zero-order chi connectivity index (χ0) is 11.1. The number of hydrogen-bond donors (Lipinski definition) is 1. The van der Waals surface area contributed by atoms with Gasteiger partial charge in [0.2, 0.25) is 0 Å². The number of halogens is 1. The van der Waals surface area contributed by atoms with E-state index in [1.54, 1.807) is 24.5 Å². The first-order chi connectivity index (χ1) is 7.74. The molecule has 16 heavy (non-hydrogen) atoms. The summed E-state index contributed by atoms with van der Waals surface area (Å²) in [6, 6.07) is 6.91. The number of aromatic hydroxyl groups is 1. The summed E-state index contributed by atoms with van der Waals surface area (Å²) in [6.45, 7) is 0. The zero-order valence-electron chi connectivity index (χ0n) is 8.09. The van der Waals surface area contributed by atoms with Crippen molar-refractivity contribution in [2.24, 2.45) is 0 Å². The normalized spacial score (nSPS) is 11.1. The molecule has 1 N–H and O–H groups in total. The Labute approximate surface area is 99.3 Å². The lowest BCUT2D eigenvalue weighted by molar-refractivity contribution is 0.475. The van der Waals surface area contributed by atoms with E-state index in [9.17, 15) is 5.11 Å². The van der Waals surface area contributed by atoms with Crippen molar-refractivity contribution in [3.63, 3.8) is 0 Å². The fraction of sp³-hybridized carbons (Fsp3) is 0. The van der Waals surface area contributed by atoms with Crippen LogP contribution in [0.5, 0.6) is 5.75 Å². The molecule has 3 aromatic heterocycles. The quantitative estimate of drug-likeness (QED) is 0.744. The van der Waals surface area contributed by atoms with Gasteiger partial charge in [0.1, 0.15) is 5.75 Å². The monoisotopic (exact) mass is 278 g/mol. The number of pyridine rings is 1. The maximum atomic E-state index is 9.34. The molecule has 0 atom stereocenters. The van der Waals surface area contributed by atoms with Crippen LogP contribution in [0.3, 0.4) is 0 Å². The molecule has 0 saturated heterocycles. The highest BCUT2D eigenvalue weighted by Gasteiger charge is 2.10. The van der Waals surface area contributed by atoms with E-state index in [0.717, 1.165) is 5.52 Å². The highest BCUT2D eigenvalue weighted by molar-refractivity contribution is 9.10. The summed E-state index contributed by atoms with van der Waals surface area (Å²) in [6.07, 6.45) is 3.44. The third-order valence-corrected chi connectivity index (χ3v) is 2.74. The first kappa shape index (κ1) is 9.47. The van der Waals surface area contributed by atoms with Crippen molar-refractivity contribution in [3.8, 4) is 17.3 Å². The van der Waals surface area contributed by atoms with E-state index in [1.165, 1.54) is 0 Å². The standard InChI is InChI=1S/C11H7BrN2O2/c12-10-2-1-9(16-10)11-13-6-7-5-8(15)3-4-14(7)11/h1-6,15H. The molecule has 4 nitrogen and oxygen atoms in total. The van der Waals surface area contributed by atoms with Crippen LogP contribution in [0, 0.1) is 0 Å². The van der Waals surface area contributed by atoms with Gasteiger partial charge in [0.15, 0.2) is 16.3 Å². The van der Waals surface area contributed by atoms with E-state index < -0.39 is 0 Å². The van der Waals surface area contributed by atoms with Gasteiger partial charge in [-0.25, -0.2) is 4.98 Å². The molecular formula is C11H7BrN2O2. The molecule has 0 fully saturated rings. The van der Waals surface area contributed by atoms with Gasteiger partial charge in [-0.05, 0) is 34.1 Å². The number of fused-ring (bicyclic) bond motifs is 1. The molecule has 0 radical (unpaired) electrons. The Hall–Kier alpha value is -1.75. The van der Waals surface area contributed by atoms with E-state index in [0.29, 0.717) is 16.3 Å². The van der Waals surface area contributed by atoms with Gasteiger partial charge in [-0.2, -0.15) is 0 Å². The molecule has 0 spiro atoms. The van der Waals surface area contributed by atoms with E-state index in [2.05, 4.69) is 20.9 Å². The smallest absolute Gasteiger partial charge is 0.180 e. The lowest BCUT2D eigenvalue weighted by Crippen LogP contribution is -1.86. The van der Waals surface area contributed by atoms with Crippen molar-refractivity contribution >= 4 is 21.4 Å². The molecule has 0 aliphatic heterocycles. The Morgan fingerprint density at radius 3 is 2.94 bits per heavy atom. The zero-order valence-corrected chi connectivity index (χ0v) is 9.68. The van der Waals surface area contributed by atoms with E-state index in [1.807, 2.05) is 16.5 Å². The van der Waals surface area contributed by atoms with Gasteiger partial charge in [-0.15, -0.1) is 0 Å². The first-order valence-electron chi connectivity index (χ1n) is 4.66. The van der Waals surface area contributed by atoms with Crippen LogP contribution in [0.25, 0.3) is 17.1 Å². The van der Waals surface area contributed by atoms with Crippen LogP contribution >= 0.6 is 15.9 Å². The van der Waals surface area contributed by atoms with Crippen LogP contribution in [0.15, 0.2) is 45.7 Å². The Bertz CT molecular complexity index is 657. The minimum atomic E-state index is 0.222. The second-order valence-corrected chi connectivity index (χ2v) is 4.15. The van der Waals surface area contributed by atoms with Crippen molar-refractivity contribution < 1.29 is 9.52 Å². The molecular weight excluding hydrogens is 272 g/mol. The van der Waals surface area contributed by atoms with Crippen molar-refractivity contribution in [2.45, 2.75) is 0 Å². The number of nitrogens with zero attached hydrogens (tertiary/aromatic N) is 2. The molecule has 0 saturated carbocycles. The van der Waals surface area contributed by atoms with Crippen molar-refractivity contribution in [1.82, 2.24) is 9.38 Å². The number of aromatic nitrogens is 2. The first-order valence-corrected chi connectivity index (χ1v) is 5.45. The third kappa shape index (κ3) is 1.40. The predicted octanol–water partition coefficient (Wildman–Crippen LogP) is 3.06. The number of rotatable bonds is 1. The van der Waals surface area contributed by atoms with Crippen LogP contribution in [0.2, 0.25) is 0 Å². The summed E-state index contributed by atoms with van der Waals surface area (Å²) in [5.41, 5.74) is 0.822. The second kappa shape index (κ2) is 3.38. The van der Waals surface area contributed by atoms with Crippen molar-refractivity contribution in [3.05, 3.63) is 41.3 Å². The molecule has 5 heteroatoms. The highest BCUT2D eigenvalue weighted by atomic mass is 79.9. The molecule has 3 aromatic rings. The van der Waals surface area contributed by atoms with Gasteiger partial charge < -0.3 is 9.52 Å². The van der Waals surface area contributed by atoms with E-state index >= 15 is 0 Å². The van der Waals surface area contributed by atoms with Gasteiger partial charge in [-0.3, -0.25) is 4.40 Å². The van der Waals surface area contributed by atoms with Crippen LogP contribution in [0.1, 0.15) is 0 Å². The van der Waals surface area contributed by atoms with E-state index in [4.69, 9.17) is 4.42 Å². The van der Waals surface area contributed by atoms with Gasteiger partial charge in [0.25, 0.3) is 0 Å². The molecule has 0 bridgehead atoms. The number of imidazole rings is 1. The topological polar surface area (TPSA) is 50.7 Å². The summed E-state index contributed by atoms with van der Waals surface area (Å²) in [4.78, 5) is 4.26. The number of hydrogen-bond acceptors (Lipinski definition) is 3. The van der Waals surface area contributed by atoms with Gasteiger partial charge in [0, 0.05) is 12.3 Å². The number of furan rings is 1. The SMILES string of the molecule is Oc1ccn2c(-c3ccc(Br)o3)ncc2c1. The highest BCUT2D eigenvalue weighted by Crippen LogP contribution is 2.25. The maximum absolute atomic E-state index is 9.34. The minimum absolute atomic E-state index is 0.222. The summed E-state index contributed by atoms with van der Waals surface area (Å²) < 4.78 is 7.95. The lowest BCUT2D eigenvalue weighted by Gasteiger charge is -1.98. The average Bonchev–Trinajstić information content (AvgIpc) is 2.83. The van der Waals surface area contributed by atoms with Gasteiger partial charge >= 0.3 is 0 Å². The van der Waals surface area contributed by atoms with E-state index in [-0.39, 0.29) is 5.75 Å². The fourth-order valence-corrected chi connectivity index (χ4v) is 1.91. The predicted molar refractivity (Wildman–Crippen MR) is 62.3 cm³/mol. The molecule has 3 rings (SSSR count). The Kier molecular flexibility index (Phi) is 2.00. The Morgan fingerprint density at radius 1 is 1.31 bits per heavy atom. The summed E-state index contributed by atoms with van der Waals surface area (Å²) in [7, 11) is 0. The third-order valence-electron chi connectivity index (χ3n) is 2.31.